The van der Waals surface area contributed by atoms with Crippen LogP contribution >= 0.6 is 11.6 Å². The first-order valence-electron chi connectivity index (χ1n) is 8.78. The number of aliphatic hydroxyl groups excluding tert-OH is 1. The first-order chi connectivity index (χ1) is 13.9. The standard InChI is InChI=1S/C15H16ClF5N2O2.C2H4F2O/c16-11-6-5-10(14(23-11)25-7-12(17)18)13(24)22-9-3-1-8(2-4-9)15(19,20)21;3-2(4)1-5/h5-6,8-9,12H,1-4,7H2,(H,22,24);2,5H,1H2. The number of halogens is 8. The highest BCUT2D eigenvalue weighted by molar-refractivity contribution is 6.29. The molecule has 1 amide bonds. The maximum atomic E-state index is 12.7. The molecule has 30 heavy (non-hydrogen) atoms. The summed E-state index contributed by atoms with van der Waals surface area (Å²) in [5.41, 5.74) is -0.0944. The third-order valence-electron chi connectivity index (χ3n) is 4.08. The second-order valence-electron chi connectivity index (χ2n) is 6.33. The Kier molecular flexibility index (Phi) is 10.6. The SMILES string of the molecule is O=C(NC1CCC(C(F)(F)F)CC1)c1ccc(Cl)nc1OCC(F)F.OCC(F)F. The van der Waals surface area contributed by atoms with E-state index in [0.29, 0.717) is 0 Å². The van der Waals surface area contributed by atoms with Gasteiger partial charge >= 0.3 is 6.18 Å². The van der Waals surface area contributed by atoms with Gasteiger partial charge in [-0.3, -0.25) is 4.79 Å². The number of carbonyl (C=O) groups is 1. The highest BCUT2D eigenvalue weighted by Gasteiger charge is 2.41. The molecule has 5 nitrogen and oxygen atoms in total. The number of hydrogen-bond acceptors (Lipinski definition) is 4. The molecular formula is C17H20ClF7N2O3. The summed E-state index contributed by atoms with van der Waals surface area (Å²) in [5.74, 6) is -2.35. The quantitative estimate of drug-likeness (QED) is 0.477. The number of pyridine rings is 1. The average molecular weight is 469 g/mol. The number of aliphatic hydroxyl groups is 1. The average Bonchev–Trinajstić information content (AvgIpc) is 2.66. The molecule has 0 saturated heterocycles. The third kappa shape index (κ3) is 9.33. The van der Waals surface area contributed by atoms with E-state index in [-0.39, 0.29) is 42.3 Å². The van der Waals surface area contributed by atoms with E-state index < -0.39 is 50.1 Å². The van der Waals surface area contributed by atoms with E-state index in [9.17, 15) is 35.5 Å². The van der Waals surface area contributed by atoms with Gasteiger partial charge in [0.05, 0.1) is 5.92 Å². The minimum atomic E-state index is -4.23. The van der Waals surface area contributed by atoms with Gasteiger partial charge in [-0.05, 0) is 37.8 Å². The van der Waals surface area contributed by atoms with Crippen LogP contribution in [0.2, 0.25) is 5.15 Å². The molecule has 1 saturated carbocycles. The second kappa shape index (κ2) is 12.1. The van der Waals surface area contributed by atoms with Gasteiger partial charge < -0.3 is 15.2 Å². The van der Waals surface area contributed by atoms with E-state index in [4.69, 9.17) is 21.4 Å². The number of nitrogens with zero attached hydrogens (tertiary/aromatic N) is 1. The highest BCUT2D eigenvalue weighted by Crippen LogP contribution is 2.37. The van der Waals surface area contributed by atoms with Gasteiger partial charge in [-0.1, -0.05) is 11.6 Å². The van der Waals surface area contributed by atoms with Crippen LogP contribution in [0.25, 0.3) is 0 Å². The van der Waals surface area contributed by atoms with Crippen molar-refractivity contribution in [1.82, 2.24) is 10.3 Å². The van der Waals surface area contributed by atoms with Gasteiger partial charge in [-0.2, -0.15) is 13.2 Å². The Hall–Kier alpha value is -1.82. The van der Waals surface area contributed by atoms with Crippen molar-refractivity contribution in [2.75, 3.05) is 13.2 Å². The lowest BCUT2D eigenvalue weighted by atomic mass is 9.85. The molecule has 1 aliphatic carbocycles. The lowest BCUT2D eigenvalue weighted by Crippen LogP contribution is -2.40. The monoisotopic (exact) mass is 468 g/mol. The summed E-state index contributed by atoms with van der Waals surface area (Å²) in [5, 5.41) is 9.96. The molecule has 13 heteroatoms. The molecule has 1 heterocycles. The van der Waals surface area contributed by atoms with E-state index in [1.54, 1.807) is 0 Å². The summed E-state index contributed by atoms with van der Waals surface area (Å²) >= 11 is 5.67. The molecule has 2 rings (SSSR count). The molecule has 0 bridgehead atoms. The fourth-order valence-electron chi connectivity index (χ4n) is 2.67. The maximum absolute atomic E-state index is 12.7. The van der Waals surface area contributed by atoms with Crippen molar-refractivity contribution in [3.8, 4) is 5.88 Å². The lowest BCUT2D eigenvalue weighted by Gasteiger charge is -2.30. The van der Waals surface area contributed by atoms with E-state index in [0.717, 1.165) is 0 Å². The number of amides is 1. The number of alkyl halides is 7. The second-order valence-corrected chi connectivity index (χ2v) is 6.71. The minimum Gasteiger partial charge on any atom is -0.471 e. The number of carbonyl (C=O) groups excluding carboxylic acids is 1. The van der Waals surface area contributed by atoms with E-state index >= 15 is 0 Å². The Balaban J connectivity index is 0.000000804. The summed E-state index contributed by atoms with van der Waals surface area (Å²) in [7, 11) is 0. The van der Waals surface area contributed by atoms with Crippen LogP contribution in [-0.4, -0.2) is 54.3 Å². The summed E-state index contributed by atoms with van der Waals surface area (Å²) in [6, 6.07) is 2.14. The van der Waals surface area contributed by atoms with Crippen LogP contribution in [0.3, 0.4) is 0 Å². The molecule has 172 valence electrons. The van der Waals surface area contributed by atoms with Crippen molar-refractivity contribution in [2.45, 2.75) is 50.8 Å². The number of ether oxygens (including phenoxy) is 1. The van der Waals surface area contributed by atoms with Gasteiger partial charge in [0.1, 0.15) is 17.3 Å². The third-order valence-corrected chi connectivity index (χ3v) is 4.29. The van der Waals surface area contributed by atoms with Gasteiger partial charge in [-0.25, -0.2) is 22.5 Å². The Labute approximate surface area is 172 Å². The Morgan fingerprint density at radius 1 is 1.17 bits per heavy atom. The fourth-order valence-corrected chi connectivity index (χ4v) is 2.81. The van der Waals surface area contributed by atoms with E-state index in [2.05, 4.69) is 10.3 Å². The first-order valence-corrected chi connectivity index (χ1v) is 9.15. The fraction of sp³-hybridized carbons (Fsp3) is 0.647. The van der Waals surface area contributed by atoms with Crippen LogP contribution in [0, 0.1) is 5.92 Å². The first kappa shape index (κ1) is 26.2. The topological polar surface area (TPSA) is 71.5 Å². The predicted octanol–water partition coefficient (Wildman–Crippen LogP) is 4.47. The Morgan fingerprint density at radius 2 is 1.73 bits per heavy atom. The van der Waals surface area contributed by atoms with E-state index in [1.807, 2.05) is 0 Å². The van der Waals surface area contributed by atoms with E-state index in [1.165, 1.54) is 12.1 Å². The van der Waals surface area contributed by atoms with Crippen LogP contribution < -0.4 is 10.1 Å². The molecule has 0 aromatic carbocycles. The van der Waals surface area contributed by atoms with Gasteiger partial charge in [0.25, 0.3) is 18.8 Å². The van der Waals surface area contributed by atoms with Crippen molar-refractivity contribution in [1.29, 1.82) is 0 Å². The van der Waals surface area contributed by atoms with Crippen LogP contribution in [0.5, 0.6) is 5.88 Å². The summed E-state index contributed by atoms with van der Waals surface area (Å²) in [6.07, 6.45) is -9.31. The van der Waals surface area contributed by atoms with Gasteiger partial charge in [0.2, 0.25) is 5.88 Å². The zero-order chi connectivity index (χ0) is 22.9. The molecule has 1 aliphatic rings. The van der Waals surface area contributed by atoms with Crippen molar-refractivity contribution in [3.63, 3.8) is 0 Å². The molecule has 1 aromatic heterocycles. The van der Waals surface area contributed by atoms with Crippen LogP contribution in [0.4, 0.5) is 30.7 Å². The van der Waals surface area contributed by atoms with Crippen LogP contribution in [0.15, 0.2) is 12.1 Å². The molecule has 0 aliphatic heterocycles. The van der Waals surface area contributed by atoms with Crippen LogP contribution in [0.1, 0.15) is 36.0 Å². The van der Waals surface area contributed by atoms with Crippen molar-refractivity contribution in [2.24, 2.45) is 5.92 Å². The lowest BCUT2D eigenvalue weighted by molar-refractivity contribution is -0.182. The zero-order valence-electron chi connectivity index (χ0n) is 15.4. The number of rotatable bonds is 6. The predicted molar refractivity (Wildman–Crippen MR) is 93.1 cm³/mol. The summed E-state index contributed by atoms with van der Waals surface area (Å²) in [6.45, 7) is -1.98. The summed E-state index contributed by atoms with van der Waals surface area (Å²) < 4.78 is 88.3. The summed E-state index contributed by atoms with van der Waals surface area (Å²) in [4.78, 5) is 16.0. The largest absolute Gasteiger partial charge is 0.471 e. The highest BCUT2D eigenvalue weighted by atomic mass is 35.5. The minimum absolute atomic E-state index is 0.0356. The van der Waals surface area contributed by atoms with Gasteiger partial charge in [0.15, 0.2) is 6.61 Å². The van der Waals surface area contributed by atoms with Crippen molar-refractivity contribution >= 4 is 17.5 Å². The number of aromatic nitrogens is 1. The normalized spacial score (nSPS) is 19.3. The van der Waals surface area contributed by atoms with Gasteiger partial charge in [-0.15, -0.1) is 0 Å². The molecule has 1 aromatic rings. The smallest absolute Gasteiger partial charge is 0.391 e. The number of nitrogens with one attached hydrogen (secondary N) is 1. The molecule has 1 fully saturated rings. The van der Waals surface area contributed by atoms with Gasteiger partial charge in [0, 0.05) is 6.04 Å². The molecule has 0 unspecified atom stereocenters. The Morgan fingerprint density at radius 3 is 2.20 bits per heavy atom. The zero-order valence-corrected chi connectivity index (χ0v) is 16.2. The van der Waals surface area contributed by atoms with Crippen molar-refractivity contribution < 1.29 is 45.4 Å². The molecule has 0 atom stereocenters. The molecule has 2 N–H and O–H groups in total. The number of hydrogen-bond donors (Lipinski definition) is 2. The van der Waals surface area contributed by atoms with Crippen molar-refractivity contribution in [3.05, 3.63) is 22.8 Å². The molecule has 0 radical (unpaired) electrons. The Bertz CT molecular complexity index is 669. The maximum Gasteiger partial charge on any atom is 0.391 e. The van der Waals surface area contributed by atoms with Crippen LogP contribution in [-0.2, 0) is 0 Å². The molecular weight excluding hydrogens is 449 g/mol. The molecule has 0 spiro atoms.